The van der Waals surface area contributed by atoms with Crippen LogP contribution in [0, 0.1) is 0 Å². The van der Waals surface area contributed by atoms with Crippen LogP contribution in [0.25, 0.3) is 0 Å². The summed E-state index contributed by atoms with van der Waals surface area (Å²) in [4.78, 5) is 8.98. The first kappa shape index (κ1) is 17.6. The highest BCUT2D eigenvalue weighted by molar-refractivity contribution is 7.27. The van der Waals surface area contributed by atoms with Crippen LogP contribution in [0.15, 0.2) is 60.7 Å². The maximum absolute atomic E-state index is 8.98. The second kappa shape index (κ2) is 11.6. The first-order chi connectivity index (χ1) is 8.52. The Morgan fingerprint density at radius 3 is 1.06 bits per heavy atom. The Balaban J connectivity index is 0.000000253. The molecule has 0 saturated heterocycles. The second-order valence-corrected chi connectivity index (χ2v) is 5.26. The van der Waals surface area contributed by atoms with E-state index in [1.54, 1.807) is 0 Å². The van der Waals surface area contributed by atoms with Gasteiger partial charge in [0.2, 0.25) is 0 Å². The minimum Gasteiger partial charge on any atom is -0.262 e. The average molecular weight is 319 g/mol. The van der Waals surface area contributed by atoms with Crippen molar-refractivity contribution in [2.24, 2.45) is 0 Å². The highest BCUT2D eigenvalue weighted by Gasteiger charge is 1.73. The molecule has 0 aliphatic carbocycles. The lowest BCUT2D eigenvalue weighted by molar-refractivity contribution is 0.275. The van der Waals surface area contributed by atoms with Gasteiger partial charge in [-0.3, -0.25) is 4.79 Å². The van der Waals surface area contributed by atoms with Gasteiger partial charge in [-0.25, -0.2) is 0 Å². The summed E-state index contributed by atoms with van der Waals surface area (Å²) in [5, 5.41) is 2.48. The number of hydrogen-bond acceptors (Lipinski definition) is 1. The fraction of sp³-hybridized carbons (Fsp3) is 0. The first-order valence-electron chi connectivity index (χ1n) is 4.98. The molecule has 2 aromatic rings. The van der Waals surface area contributed by atoms with E-state index >= 15 is 0 Å². The van der Waals surface area contributed by atoms with Gasteiger partial charge < -0.3 is 0 Å². The molecule has 0 heterocycles. The number of carbonyl (C=O) groups excluding carboxylic acids is 1. The fourth-order valence-electron chi connectivity index (χ4n) is 0.906. The summed E-state index contributed by atoms with van der Waals surface area (Å²) in [7, 11) is 5.26. The molecule has 0 aromatic heterocycles. The van der Waals surface area contributed by atoms with Crippen LogP contribution in [0.4, 0.5) is 4.79 Å². The molecule has 0 aliphatic heterocycles. The Labute approximate surface area is 122 Å². The van der Waals surface area contributed by atoms with Gasteiger partial charge in [-0.1, -0.05) is 60.7 Å². The Morgan fingerprint density at radius 2 is 0.944 bits per heavy atom. The summed E-state index contributed by atoms with van der Waals surface area (Å²) in [6.45, 7) is 0. The van der Waals surface area contributed by atoms with Crippen molar-refractivity contribution in [3.8, 4) is 0 Å². The first-order valence-corrected chi connectivity index (χ1v) is 6.89. The SMILES string of the molecule is O=C(Cl)Cl.Pc1ccccc1.Pc1ccccc1. The van der Waals surface area contributed by atoms with Crippen LogP contribution in [0.3, 0.4) is 0 Å². The van der Waals surface area contributed by atoms with Crippen LogP contribution < -0.4 is 10.6 Å². The van der Waals surface area contributed by atoms with Crippen LogP contribution in [0.2, 0.25) is 0 Å². The van der Waals surface area contributed by atoms with Crippen LogP contribution in [-0.2, 0) is 0 Å². The molecule has 2 aromatic carbocycles. The highest BCUT2D eigenvalue weighted by atomic mass is 35.5. The largest absolute Gasteiger partial charge is 0.313 e. The summed E-state index contributed by atoms with van der Waals surface area (Å²) < 4.78 is -0.889. The van der Waals surface area contributed by atoms with E-state index in [0.717, 1.165) is 0 Å². The van der Waals surface area contributed by atoms with Crippen LogP contribution in [-0.4, -0.2) is 4.70 Å². The Kier molecular flexibility index (Phi) is 11.3. The lowest BCUT2D eigenvalue weighted by atomic mass is 10.4. The Morgan fingerprint density at radius 1 is 0.722 bits per heavy atom. The predicted octanol–water partition coefficient (Wildman–Crippen LogP) is 3.96. The van der Waals surface area contributed by atoms with Crippen molar-refractivity contribution < 1.29 is 4.79 Å². The van der Waals surface area contributed by atoms with Gasteiger partial charge in [0.15, 0.2) is 0 Å². The molecule has 0 bridgehead atoms. The van der Waals surface area contributed by atoms with E-state index in [-0.39, 0.29) is 0 Å². The van der Waals surface area contributed by atoms with Crippen molar-refractivity contribution in [2.45, 2.75) is 0 Å². The topological polar surface area (TPSA) is 17.1 Å². The molecule has 0 amide bonds. The number of halogens is 2. The van der Waals surface area contributed by atoms with E-state index in [0.29, 0.717) is 0 Å². The van der Waals surface area contributed by atoms with Gasteiger partial charge >= 0.3 is 4.70 Å². The molecule has 0 aliphatic rings. The third-order valence-electron chi connectivity index (χ3n) is 1.60. The smallest absolute Gasteiger partial charge is 0.262 e. The summed E-state index contributed by atoms with van der Waals surface area (Å²) in [6, 6.07) is 20.3. The lowest BCUT2D eigenvalue weighted by Crippen LogP contribution is -1.82. The molecule has 2 rings (SSSR count). The van der Waals surface area contributed by atoms with Crippen molar-refractivity contribution in [1.29, 1.82) is 0 Å². The lowest BCUT2D eigenvalue weighted by Gasteiger charge is -1.82. The Bertz CT molecular complexity index is 394. The number of benzene rings is 2. The third-order valence-corrected chi connectivity index (χ3v) is 2.37. The van der Waals surface area contributed by atoms with E-state index < -0.39 is 4.70 Å². The standard InChI is InChI=1S/2C6H7P.CCl2O/c2*7-6-4-2-1-3-5-6;2-1(3)4/h2*1-5H,7H2;. The zero-order chi connectivity index (χ0) is 13.8. The Hall–Kier alpha value is -0.450. The van der Waals surface area contributed by atoms with Crippen molar-refractivity contribution in [1.82, 2.24) is 0 Å². The van der Waals surface area contributed by atoms with E-state index in [1.807, 2.05) is 60.7 Å². The fourth-order valence-corrected chi connectivity index (χ4v) is 1.35. The maximum atomic E-state index is 8.98. The quantitative estimate of drug-likeness (QED) is 0.531. The van der Waals surface area contributed by atoms with E-state index in [9.17, 15) is 0 Å². The average Bonchev–Trinajstić information content (AvgIpc) is 2.31. The molecule has 0 saturated carbocycles. The molecule has 0 radical (unpaired) electrons. The summed E-state index contributed by atoms with van der Waals surface area (Å²) in [5.74, 6) is 0. The molecular weight excluding hydrogens is 305 g/mol. The van der Waals surface area contributed by atoms with Gasteiger partial charge in [0.25, 0.3) is 0 Å². The van der Waals surface area contributed by atoms with Gasteiger partial charge in [-0.15, -0.1) is 18.5 Å². The maximum Gasteiger partial charge on any atom is 0.313 e. The van der Waals surface area contributed by atoms with Crippen LogP contribution in [0.5, 0.6) is 0 Å². The van der Waals surface area contributed by atoms with Gasteiger partial charge in [-0.05, 0) is 33.8 Å². The minimum absolute atomic E-state index is 0.889. The monoisotopic (exact) mass is 318 g/mol. The number of carbonyl (C=O) groups is 1. The van der Waals surface area contributed by atoms with E-state index in [1.165, 1.54) is 10.6 Å². The molecule has 5 heteroatoms. The zero-order valence-corrected chi connectivity index (χ0v) is 13.4. The summed E-state index contributed by atoms with van der Waals surface area (Å²) >= 11 is 8.80. The molecule has 1 nitrogen and oxygen atoms in total. The number of rotatable bonds is 0. The zero-order valence-electron chi connectivity index (χ0n) is 9.59. The molecule has 96 valence electrons. The van der Waals surface area contributed by atoms with Crippen molar-refractivity contribution >= 4 is 57.0 Å². The third kappa shape index (κ3) is 13.6. The van der Waals surface area contributed by atoms with Crippen LogP contribution >= 0.6 is 41.7 Å². The molecule has 18 heavy (non-hydrogen) atoms. The molecule has 0 fully saturated rings. The van der Waals surface area contributed by atoms with Gasteiger partial charge in [0, 0.05) is 0 Å². The van der Waals surface area contributed by atoms with E-state index in [4.69, 9.17) is 4.79 Å². The van der Waals surface area contributed by atoms with Crippen molar-refractivity contribution in [3.63, 3.8) is 0 Å². The van der Waals surface area contributed by atoms with E-state index in [2.05, 4.69) is 41.7 Å². The van der Waals surface area contributed by atoms with Gasteiger partial charge in [0.1, 0.15) is 0 Å². The molecule has 0 spiro atoms. The van der Waals surface area contributed by atoms with Crippen LogP contribution in [0.1, 0.15) is 0 Å². The highest BCUT2D eigenvalue weighted by Crippen LogP contribution is 1.87. The molecule has 0 N–H and O–H groups in total. The van der Waals surface area contributed by atoms with Crippen molar-refractivity contribution in [2.75, 3.05) is 0 Å². The predicted molar refractivity (Wildman–Crippen MR) is 88.7 cm³/mol. The molecule has 2 atom stereocenters. The molecular formula is C13H14Cl2OP2. The molecule has 2 unspecified atom stereocenters. The van der Waals surface area contributed by atoms with Crippen molar-refractivity contribution in [3.05, 3.63) is 60.7 Å². The van der Waals surface area contributed by atoms with Gasteiger partial charge in [-0.2, -0.15) is 0 Å². The summed E-state index contributed by atoms with van der Waals surface area (Å²) in [6.07, 6.45) is 0. The second-order valence-electron chi connectivity index (χ2n) is 3.05. The minimum atomic E-state index is -0.889. The van der Waals surface area contributed by atoms with Gasteiger partial charge in [0.05, 0.1) is 0 Å². The number of hydrogen-bond donors (Lipinski definition) is 0. The normalized spacial score (nSPS) is 8.22. The summed E-state index contributed by atoms with van der Waals surface area (Å²) in [5.41, 5.74) is 0.